The molecule has 0 saturated carbocycles. The monoisotopic (exact) mass is 359 g/mol. The van der Waals surface area contributed by atoms with Crippen molar-refractivity contribution in [2.45, 2.75) is 6.54 Å². The number of carbonyl (C=O) groups is 1. The van der Waals surface area contributed by atoms with Gasteiger partial charge in [-0.3, -0.25) is 4.79 Å². The maximum Gasteiger partial charge on any atom is 0.255 e. The number of piperazine rings is 1. The van der Waals surface area contributed by atoms with Crippen LogP contribution in [0.4, 0.5) is 0 Å². The molecule has 3 rings (SSSR count). The molecule has 1 aliphatic heterocycles. The maximum atomic E-state index is 12.6. The molecule has 1 amide bonds. The molecule has 4 heteroatoms. The third kappa shape index (κ3) is 3.57. The van der Waals surface area contributed by atoms with Gasteiger partial charge in [-0.2, -0.15) is 0 Å². The van der Waals surface area contributed by atoms with E-state index in [0.717, 1.165) is 42.8 Å². The van der Waals surface area contributed by atoms with Gasteiger partial charge in [0.1, 0.15) is 6.54 Å². The minimum atomic E-state index is 0.131. The van der Waals surface area contributed by atoms with Crippen molar-refractivity contribution in [3.8, 4) is 0 Å². The van der Waals surface area contributed by atoms with Crippen LogP contribution >= 0.6 is 15.9 Å². The summed E-state index contributed by atoms with van der Waals surface area (Å²) >= 11 is 3.47. The summed E-state index contributed by atoms with van der Waals surface area (Å²) in [6.45, 7) is 4.69. The molecule has 0 spiro atoms. The van der Waals surface area contributed by atoms with Crippen molar-refractivity contribution in [1.82, 2.24) is 4.90 Å². The van der Waals surface area contributed by atoms with E-state index in [1.807, 2.05) is 35.2 Å². The zero-order chi connectivity index (χ0) is 15.4. The van der Waals surface area contributed by atoms with Gasteiger partial charge in [0.25, 0.3) is 5.91 Å². The lowest BCUT2D eigenvalue weighted by molar-refractivity contribution is -0.917. The van der Waals surface area contributed by atoms with Crippen LogP contribution in [0.15, 0.2) is 59.1 Å². The quantitative estimate of drug-likeness (QED) is 0.890. The molecule has 22 heavy (non-hydrogen) atoms. The van der Waals surface area contributed by atoms with Crippen LogP contribution in [0.25, 0.3) is 0 Å². The van der Waals surface area contributed by atoms with E-state index in [1.54, 1.807) is 4.90 Å². The Balaban J connectivity index is 1.58. The first kappa shape index (κ1) is 15.3. The van der Waals surface area contributed by atoms with Crippen molar-refractivity contribution in [3.63, 3.8) is 0 Å². The van der Waals surface area contributed by atoms with Crippen molar-refractivity contribution in [1.29, 1.82) is 0 Å². The van der Waals surface area contributed by atoms with E-state index in [2.05, 4.69) is 40.2 Å². The molecule has 3 nitrogen and oxygen atoms in total. The van der Waals surface area contributed by atoms with Crippen LogP contribution < -0.4 is 4.90 Å². The summed E-state index contributed by atoms with van der Waals surface area (Å²) in [5, 5.41) is 0. The average molecular weight is 360 g/mol. The number of nitrogens with one attached hydrogen (secondary N) is 1. The lowest BCUT2D eigenvalue weighted by atomic mass is 10.1. The molecule has 1 N–H and O–H groups in total. The second-order valence-corrected chi connectivity index (χ2v) is 6.54. The van der Waals surface area contributed by atoms with Gasteiger partial charge in [-0.05, 0) is 28.1 Å². The number of carbonyl (C=O) groups excluding carboxylic acids is 1. The summed E-state index contributed by atoms with van der Waals surface area (Å²) in [5.74, 6) is 0.131. The van der Waals surface area contributed by atoms with E-state index in [-0.39, 0.29) is 5.91 Å². The Morgan fingerprint density at radius 1 is 1.00 bits per heavy atom. The van der Waals surface area contributed by atoms with Crippen molar-refractivity contribution in [2.75, 3.05) is 26.2 Å². The molecule has 0 bridgehead atoms. The summed E-state index contributed by atoms with van der Waals surface area (Å²) in [6, 6.07) is 18.2. The largest absolute Gasteiger partial charge is 0.328 e. The third-order valence-corrected chi connectivity index (χ3v) is 4.85. The van der Waals surface area contributed by atoms with Gasteiger partial charge in [0.15, 0.2) is 0 Å². The highest BCUT2D eigenvalue weighted by Crippen LogP contribution is 2.17. The summed E-state index contributed by atoms with van der Waals surface area (Å²) in [5.41, 5.74) is 2.12. The van der Waals surface area contributed by atoms with E-state index in [1.165, 1.54) is 5.56 Å². The fourth-order valence-electron chi connectivity index (χ4n) is 2.89. The first-order chi connectivity index (χ1) is 10.7. The summed E-state index contributed by atoms with van der Waals surface area (Å²) < 4.78 is 0.874. The highest BCUT2D eigenvalue weighted by atomic mass is 79.9. The van der Waals surface area contributed by atoms with Gasteiger partial charge in [0, 0.05) is 10.0 Å². The second-order valence-electron chi connectivity index (χ2n) is 5.68. The van der Waals surface area contributed by atoms with Gasteiger partial charge in [0.05, 0.1) is 31.7 Å². The Bertz CT molecular complexity index is 637. The standard InChI is InChI=1S/C18H19BrN2O/c19-17-9-5-4-8-16(17)18(22)21-12-10-20(11-13-21)14-15-6-2-1-3-7-15/h1-9H,10-14H2/p+1. The predicted molar refractivity (Wildman–Crippen MR) is 90.9 cm³/mol. The molecule has 1 aliphatic rings. The van der Waals surface area contributed by atoms with Crippen LogP contribution in [0.1, 0.15) is 15.9 Å². The Kier molecular flexibility index (Phi) is 4.90. The molecule has 0 atom stereocenters. The molecule has 114 valence electrons. The van der Waals surface area contributed by atoms with Crippen LogP contribution in [0.5, 0.6) is 0 Å². The van der Waals surface area contributed by atoms with Gasteiger partial charge in [-0.25, -0.2) is 0 Å². The summed E-state index contributed by atoms with van der Waals surface area (Å²) in [6.07, 6.45) is 0. The number of quaternary nitrogens is 1. The van der Waals surface area contributed by atoms with E-state index in [9.17, 15) is 4.79 Å². The minimum Gasteiger partial charge on any atom is -0.328 e. The molecule has 0 aliphatic carbocycles. The van der Waals surface area contributed by atoms with Gasteiger partial charge < -0.3 is 9.80 Å². The highest BCUT2D eigenvalue weighted by molar-refractivity contribution is 9.10. The molecule has 0 aromatic heterocycles. The zero-order valence-corrected chi connectivity index (χ0v) is 14.1. The minimum absolute atomic E-state index is 0.131. The lowest BCUT2D eigenvalue weighted by Crippen LogP contribution is -3.13. The third-order valence-electron chi connectivity index (χ3n) is 4.16. The van der Waals surface area contributed by atoms with Crippen LogP contribution in [-0.4, -0.2) is 37.0 Å². The normalized spacial score (nSPS) is 15.8. The lowest BCUT2D eigenvalue weighted by Gasteiger charge is -2.32. The van der Waals surface area contributed by atoms with Gasteiger partial charge in [-0.1, -0.05) is 42.5 Å². The molecule has 0 radical (unpaired) electrons. The topological polar surface area (TPSA) is 24.8 Å². The number of halogens is 1. The summed E-state index contributed by atoms with van der Waals surface area (Å²) in [4.78, 5) is 16.1. The Morgan fingerprint density at radius 2 is 1.64 bits per heavy atom. The van der Waals surface area contributed by atoms with E-state index in [0.29, 0.717) is 0 Å². The molecule has 2 aromatic rings. The average Bonchev–Trinajstić information content (AvgIpc) is 2.56. The maximum absolute atomic E-state index is 12.6. The summed E-state index contributed by atoms with van der Waals surface area (Å²) in [7, 11) is 0. The first-order valence-corrected chi connectivity index (χ1v) is 8.44. The highest BCUT2D eigenvalue weighted by Gasteiger charge is 2.25. The molecular formula is C18H20BrN2O+. The van der Waals surface area contributed by atoms with E-state index in [4.69, 9.17) is 0 Å². The molecule has 0 unspecified atom stereocenters. The zero-order valence-electron chi connectivity index (χ0n) is 12.5. The fourth-order valence-corrected chi connectivity index (χ4v) is 3.35. The number of nitrogens with zero attached hydrogens (tertiary/aromatic N) is 1. The second kappa shape index (κ2) is 7.07. The van der Waals surface area contributed by atoms with E-state index >= 15 is 0 Å². The number of hydrogen-bond acceptors (Lipinski definition) is 1. The molecule has 1 heterocycles. The van der Waals surface area contributed by atoms with Gasteiger partial charge >= 0.3 is 0 Å². The number of rotatable bonds is 3. The van der Waals surface area contributed by atoms with Crippen molar-refractivity contribution < 1.29 is 9.69 Å². The Hall–Kier alpha value is -1.65. The molecule has 1 saturated heterocycles. The fraction of sp³-hybridized carbons (Fsp3) is 0.278. The van der Waals surface area contributed by atoms with Crippen molar-refractivity contribution in [3.05, 3.63) is 70.2 Å². The molecule has 2 aromatic carbocycles. The van der Waals surface area contributed by atoms with Gasteiger partial charge in [0.2, 0.25) is 0 Å². The van der Waals surface area contributed by atoms with Crippen LogP contribution in [0.2, 0.25) is 0 Å². The van der Waals surface area contributed by atoms with Crippen LogP contribution in [0.3, 0.4) is 0 Å². The molecule has 1 fully saturated rings. The SMILES string of the molecule is O=C(c1ccccc1Br)N1CC[NH+](Cc2ccccc2)CC1. The first-order valence-electron chi connectivity index (χ1n) is 7.65. The molecular weight excluding hydrogens is 340 g/mol. The number of benzene rings is 2. The Labute approximate surface area is 139 Å². The smallest absolute Gasteiger partial charge is 0.255 e. The van der Waals surface area contributed by atoms with Crippen LogP contribution in [0, 0.1) is 0 Å². The van der Waals surface area contributed by atoms with Crippen molar-refractivity contribution in [2.24, 2.45) is 0 Å². The van der Waals surface area contributed by atoms with Gasteiger partial charge in [-0.15, -0.1) is 0 Å². The number of amides is 1. The van der Waals surface area contributed by atoms with Crippen molar-refractivity contribution >= 4 is 21.8 Å². The van der Waals surface area contributed by atoms with Crippen LogP contribution in [-0.2, 0) is 6.54 Å². The predicted octanol–water partition coefficient (Wildman–Crippen LogP) is 1.99. The Morgan fingerprint density at radius 3 is 2.32 bits per heavy atom. The number of hydrogen-bond donors (Lipinski definition) is 1. The van der Waals surface area contributed by atoms with E-state index < -0.39 is 0 Å².